The van der Waals surface area contributed by atoms with Crippen LogP contribution in [0.2, 0.25) is 0 Å². The second-order valence-corrected chi connectivity index (χ2v) is 7.87. The van der Waals surface area contributed by atoms with Gasteiger partial charge in [-0.05, 0) is 67.5 Å². The van der Waals surface area contributed by atoms with Crippen LogP contribution in [0.4, 0.5) is 5.69 Å². The Hall–Kier alpha value is -2.01. The first kappa shape index (κ1) is 17.4. The van der Waals surface area contributed by atoms with Crippen LogP contribution in [0, 0.1) is 0 Å². The highest BCUT2D eigenvalue weighted by molar-refractivity contribution is 9.10. The Kier molecular flexibility index (Phi) is 4.90. The first-order valence-corrected chi connectivity index (χ1v) is 9.88. The number of benzene rings is 2. The molecule has 26 heavy (non-hydrogen) atoms. The molecule has 1 N–H and O–H groups in total. The normalized spacial score (nSPS) is 19.3. The molecule has 0 bridgehead atoms. The number of halogens is 1. The van der Waals surface area contributed by atoms with E-state index in [9.17, 15) is 4.79 Å². The zero-order valence-corrected chi connectivity index (χ0v) is 16.3. The first-order valence-electron chi connectivity index (χ1n) is 9.08. The molecule has 0 saturated heterocycles. The van der Waals surface area contributed by atoms with E-state index in [4.69, 9.17) is 9.47 Å². The Labute approximate surface area is 162 Å². The molecule has 0 spiro atoms. The lowest BCUT2D eigenvalue weighted by Crippen LogP contribution is -2.17. The number of ether oxygens (including phenoxy) is 2. The number of rotatable bonds is 5. The number of anilines is 1. The molecular weight excluding hydrogens is 394 g/mol. The van der Waals surface area contributed by atoms with E-state index in [1.807, 2.05) is 36.4 Å². The maximum Gasteiger partial charge on any atom is 0.232 e. The van der Waals surface area contributed by atoms with Gasteiger partial charge in [0.1, 0.15) is 0 Å². The van der Waals surface area contributed by atoms with Gasteiger partial charge in [0.05, 0.1) is 19.1 Å². The zero-order chi connectivity index (χ0) is 18.1. The van der Waals surface area contributed by atoms with Gasteiger partial charge < -0.3 is 14.8 Å². The number of nitrogens with one attached hydrogen (secondary N) is 1. The second kappa shape index (κ2) is 7.31. The molecule has 2 aromatic carbocycles. The van der Waals surface area contributed by atoms with E-state index in [1.54, 1.807) is 7.11 Å². The lowest BCUT2D eigenvalue weighted by Gasteiger charge is -2.20. The molecule has 1 amide bonds. The molecule has 136 valence electrons. The lowest BCUT2D eigenvalue weighted by molar-refractivity contribution is -0.117. The summed E-state index contributed by atoms with van der Waals surface area (Å²) in [6.45, 7) is 0. The van der Waals surface area contributed by atoms with E-state index in [2.05, 4.69) is 21.2 Å². The molecule has 1 heterocycles. The minimum Gasteiger partial charge on any atom is -0.493 e. The van der Waals surface area contributed by atoms with Crippen molar-refractivity contribution in [2.75, 3.05) is 12.4 Å². The van der Waals surface area contributed by atoms with Crippen LogP contribution in [0.25, 0.3) is 0 Å². The van der Waals surface area contributed by atoms with Crippen LogP contribution in [0.3, 0.4) is 0 Å². The third-order valence-electron chi connectivity index (χ3n) is 5.25. The van der Waals surface area contributed by atoms with Crippen LogP contribution in [0.5, 0.6) is 11.5 Å². The molecule has 1 fully saturated rings. The van der Waals surface area contributed by atoms with Crippen molar-refractivity contribution >= 4 is 27.5 Å². The minimum absolute atomic E-state index is 0.0349. The largest absolute Gasteiger partial charge is 0.493 e. The van der Waals surface area contributed by atoms with Gasteiger partial charge in [0.2, 0.25) is 5.91 Å². The number of carbonyl (C=O) groups is 1. The monoisotopic (exact) mass is 415 g/mol. The first-order chi connectivity index (χ1) is 12.7. The highest BCUT2D eigenvalue weighted by Gasteiger charge is 2.32. The molecular formula is C21H22BrNO3. The Balaban J connectivity index is 1.66. The summed E-state index contributed by atoms with van der Waals surface area (Å²) in [6, 6.07) is 11.8. The van der Waals surface area contributed by atoms with Crippen molar-refractivity contribution in [2.24, 2.45) is 0 Å². The predicted octanol–water partition coefficient (Wildman–Crippen LogP) is 5.06. The Morgan fingerprint density at radius 2 is 2.00 bits per heavy atom. The lowest BCUT2D eigenvalue weighted by atomic mass is 9.92. The fraction of sp³-hybridized carbons (Fsp3) is 0.381. The fourth-order valence-electron chi connectivity index (χ4n) is 3.91. The van der Waals surface area contributed by atoms with Crippen LogP contribution >= 0.6 is 15.9 Å². The van der Waals surface area contributed by atoms with E-state index < -0.39 is 0 Å². The third-order valence-corrected chi connectivity index (χ3v) is 5.75. The second-order valence-electron chi connectivity index (χ2n) is 6.95. The van der Waals surface area contributed by atoms with Gasteiger partial charge in [-0.15, -0.1) is 0 Å². The van der Waals surface area contributed by atoms with E-state index in [0.717, 1.165) is 45.6 Å². The molecule has 0 aromatic heterocycles. The number of methoxy groups -OCH3 is 1. The smallest absolute Gasteiger partial charge is 0.232 e. The van der Waals surface area contributed by atoms with E-state index >= 15 is 0 Å². The van der Waals surface area contributed by atoms with E-state index in [0.29, 0.717) is 6.42 Å². The quantitative estimate of drug-likeness (QED) is 0.742. The summed E-state index contributed by atoms with van der Waals surface area (Å²) in [5.74, 6) is 1.34. The molecule has 2 aromatic rings. The van der Waals surface area contributed by atoms with Crippen LogP contribution in [-0.2, 0) is 11.2 Å². The molecule has 1 saturated carbocycles. The van der Waals surface area contributed by atoms with Crippen LogP contribution in [0.1, 0.15) is 42.7 Å². The van der Waals surface area contributed by atoms with Crippen LogP contribution < -0.4 is 14.8 Å². The van der Waals surface area contributed by atoms with Gasteiger partial charge in [0, 0.05) is 10.2 Å². The van der Waals surface area contributed by atoms with Gasteiger partial charge in [-0.1, -0.05) is 28.1 Å². The molecule has 1 aliphatic carbocycles. The minimum atomic E-state index is -0.222. The van der Waals surface area contributed by atoms with Crippen molar-refractivity contribution < 1.29 is 14.3 Å². The van der Waals surface area contributed by atoms with Crippen molar-refractivity contribution in [3.05, 3.63) is 52.0 Å². The SMILES string of the molecule is COc1cccc(C[C@H]2C(=O)Nc3ccc(Br)cc32)c1OC1CCCC1. The van der Waals surface area contributed by atoms with Crippen LogP contribution in [0.15, 0.2) is 40.9 Å². The summed E-state index contributed by atoms with van der Waals surface area (Å²) in [5, 5.41) is 2.98. The van der Waals surface area contributed by atoms with Gasteiger partial charge in [-0.2, -0.15) is 0 Å². The fourth-order valence-corrected chi connectivity index (χ4v) is 4.29. The summed E-state index contributed by atoms with van der Waals surface area (Å²) in [6.07, 6.45) is 5.41. The van der Waals surface area contributed by atoms with E-state index in [-0.39, 0.29) is 17.9 Å². The van der Waals surface area contributed by atoms with Gasteiger partial charge in [-0.3, -0.25) is 4.79 Å². The molecule has 1 aliphatic heterocycles. The number of hydrogen-bond acceptors (Lipinski definition) is 3. The number of hydrogen-bond donors (Lipinski definition) is 1. The van der Waals surface area contributed by atoms with E-state index in [1.165, 1.54) is 12.8 Å². The van der Waals surface area contributed by atoms with Crippen molar-refractivity contribution in [3.63, 3.8) is 0 Å². The molecule has 5 heteroatoms. The predicted molar refractivity (Wildman–Crippen MR) is 105 cm³/mol. The van der Waals surface area contributed by atoms with Gasteiger partial charge in [-0.25, -0.2) is 0 Å². The van der Waals surface area contributed by atoms with Gasteiger partial charge in [0.25, 0.3) is 0 Å². The highest BCUT2D eigenvalue weighted by Crippen LogP contribution is 2.41. The number of amides is 1. The summed E-state index contributed by atoms with van der Waals surface area (Å²) in [5.41, 5.74) is 2.94. The summed E-state index contributed by atoms with van der Waals surface area (Å²) >= 11 is 3.51. The van der Waals surface area contributed by atoms with Crippen molar-refractivity contribution in [1.82, 2.24) is 0 Å². The number of carbonyl (C=O) groups excluding carboxylic acids is 1. The average Bonchev–Trinajstić information content (AvgIpc) is 3.25. The van der Waals surface area contributed by atoms with Gasteiger partial charge in [0.15, 0.2) is 11.5 Å². The molecule has 0 radical (unpaired) electrons. The maximum absolute atomic E-state index is 12.6. The Morgan fingerprint density at radius 3 is 2.77 bits per heavy atom. The van der Waals surface area contributed by atoms with Gasteiger partial charge >= 0.3 is 0 Å². The maximum atomic E-state index is 12.6. The van der Waals surface area contributed by atoms with Crippen molar-refractivity contribution in [2.45, 2.75) is 44.1 Å². The summed E-state index contributed by atoms with van der Waals surface area (Å²) in [7, 11) is 1.66. The molecule has 1 atom stereocenters. The molecule has 2 aliphatic rings. The Morgan fingerprint density at radius 1 is 1.19 bits per heavy atom. The number of para-hydroxylation sites is 1. The highest BCUT2D eigenvalue weighted by atomic mass is 79.9. The van der Waals surface area contributed by atoms with Crippen molar-refractivity contribution in [3.8, 4) is 11.5 Å². The van der Waals surface area contributed by atoms with Crippen LogP contribution in [-0.4, -0.2) is 19.1 Å². The third kappa shape index (κ3) is 3.32. The molecule has 0 unspecified atom stereocenters. The topological polar surface area (TPSA) is 47.6 Å². The summed E-state index contributed by atoms with van der Waals surface area (Å²) < 4.78 is 12.8. The standard InChI is InChI=1S/C21H22BrNO3/c1-25-19-8-4-5-13(20(19)26-15-6-2-3-7-15)11-17-16-12-14(22)9-10-18(16)23-21(17)24/h4-5,8-10,12,15,17H,2-3,6-7,11H2,1H3,(H,23,24)/t17-/m1/s1. The summed E-state index contributed by atoms with van der Waals surface area (Å²) in [4.78, 5) is 12.6. The molecule has 4 rings (SSSR count). The average molecular weight is 416 g/mol. The Bertz CT molecular complexity index is 830. The molecule has 4 nitrogen and oxygen atoms in total. The zero-order valence-electron chi connectivity index (χ0n) is 14.8. The van der Waals surface area contributed by atoms with Crippen molar-refractivity contribution in [1.29, 1.82) is 0 Å². The number of fused-ring (bicyclic) bond motifs is 1.